The fourth-order valence-electron chi connectivity index (χ4n) is 0.611. The topological polar surface area (TPSA) is 0 Å². The first-order valence-electron chi connectivity index (χ1n) is 3.87. The lowest BCUT2D eigenvalue weighted by atomic mass is 10.2. The van der Waals surface area contributed by atoms with Crippen molar-refractivity contribution in [3.63, 3.8) is 0 Å². The van der Waals surface area contributed by atoms with Crippen molar-refractivity contribution in [1.82, 2.24) is 0 Å². The van der Waals surface area contributed by atoms with E-state index in [9.17, 15) is 0 Å². The van der Waals surface area contributed by atoms with Crippen LogP contribution in [0, 0.1) is 0 Å². The van der Waals surface area contributed by atoms with E-state index in [1.54, 1.807) is 0 Å². The van der Waals surface area contributed by atoms with E-state index in [0.717, 1.165) is 0 Å². The molecule has 0 aromatic rings. The highest BCUT2D eigenvalue weighted by Crippen LogP contribution is 2.38. The molecule has 0 aliphatic rings. The van der Waals surface area contributed by atoms with Crippen molar-refractivity contribution >= 4 is 24.0 Å². The van der Waals surface area contributed by atoms with E-state index >= 15 is 0 Å². The van der Waals surface area contributed by atoms with E-state index in [4.69, 9.17) is 0 Å². The van der Waals surface area contributed by atoms with E-state index in [-0.39, 0.29) is 0 Å². The van der Waals surface area contributed by atoms with Crippen molar-refractivity contribution in [3.05, 3.63) is 0 Å². The van der Waals surface area contributed by atoms with E-state index in [1.165, 1.54) is 11.4 Å². The molecule has 0 radical (unpaired) electrons. The largest absolute Gasteiger partial charge is 0.0931 e. The van der Waals surface area contributed by atoms with Crippen LogP contribution in [0.25, 0.3) is 0 Å². The standard InChI is InChI=1S/C8H19BrSi/c1-8(2,3)10(4,5)7-6-9/h6-7H2,1-5H3. The minimum absolute atomic E-state index is 0.556. The summed E-state index contributed by atoms with van der Waals surface area (Å²) in [4.78, 5) is 0. The van der Waals surface area contributed by atoms with Crippen molar-refractivity contribution in [2.24, 2.45) is 0 Å². The summed E-state index contributed by atoms with van der Waals surface area (Å²) in [5.74, 6) is 0. The second kappa shape index (κ2) is 3.40. The molecule has 0 heterocycles. The Bertz CT molecular complexity index is 102. The Labute approximate surface area is 74.5 Å². The molecule has 0 bridgehead atoms. The highest BCUT2D eigenvalue weighted by Gasteiger charge is 2.33. The van der Waals surface area contributed by atoms with Crippen molar-refractivity contribution in [2.45, 2.75) is 44.9 Å². The third kappa shape index (κ3) is 2.75. The lowest BCUT2D eigenvalue weighted by Crippen LogP contribution is -2.37. The molecule has 0 aromatic carbocycles. The van der Waals surface area contributed by atoms with Gasteiger partial charge in [-0.3, -0.25) is 0 Å². The molecule has 0 amide bonds. The van der Waals surface area contributed by atoms with E-state index < -0.39 is 8.07 Å². The molecule has 0 aromatic heterocycles. The van der Waals surface area contributed by atoms with Gasteiger partial charge >= 0.3 is 0 Å². The summed E-state index contributed by atoms with van der Waals surface area (Å²) in [7, 11) is -0.952. The number of hydrogen-bond donors (Lipinski definition) is 0. The van der Waals surface area contributed by atoms with Crippen molar-refractivity contribution < 1.29 is 0 Å². The lowest BCUT2D eigenvalue weighted by Gasteiger charge is -2.36. The monoisotopic (exact) mass is 222 g/mol. The fourth-order valence-corrected chi connectivity index (χ4v) is 4.81. The van der Waals surface area contributed by atoms with Gasteiger partial charge in [0.25, 0.3) is 0 Å². The molecule has 0 rings (SSSR count). The van der Waals surface area contributed by atoms with Crippen LogP contribution >= 0.6 is 15.9 Å². The number of halogens is 1. The zero-order valence-electron chi connectivity index (χ0n) is 7.79. The summed E-state index contributed by atoms with van der Waals surface area (Å²) in [6.07, 6.45) is 0. The molecular weight excluding hydrogens is 204 g/mol. The van der Waals surface area contributed by atoms with Gasteiger partial charge in [-0.15, -0.1) is 0 Å². The Balaban J connectivity index is 4.10. The molecule has 2 heteroatoms. The van der Waals surface area contributed by atoms with Gasteiger partial charge in [-0.1, -0.05) is 49.8 Å². The Morgan fingerprint density at radius 1 is 1.20 bits per heavy atom. The molecule has 0 aliphatic heterocycles. The van der Waals surface area contributed by atoms with Crippen LogP contribution in [0.5, 0.6) is 0 Å². The summed E-state index contributed by atoms with van der Waals surface area (Å²) in [5.41, 5.74) is 0. The second-order valence-electron chi connectivity index (χ2n) is 4.57. The molecule has 10 heavy (non-hydrogen) atoms. The normalized spacial score (nSPS) is 13.8. The van der Waals surface area contributed by atoms with Crippen molar-refractivity contribution in [1.29, 1.82) is 0 Å². The lowest BCUT2D eigenvalue weighted by molar-refractivity contribution is 0.717. The van der Waals surface area contributed by atoms with Gasteiger partial charge in [0.2, 0.25) is 0 Å². The van der Waals surface area contributed by atoms with Crippen LogP contribution in [-0.2, 0) is 0 Å². The van der Waals surface area contributed by atoms with Gasteiger partial charge in [0.05, 0.1) is 8.07 Å². The molecule has 0 N–H and O–H groups in total. The minimum atomic E-state index is -0.952. The molecule has 0 fully saturated rings. The summed E-state index contributed by atoms with van der Waals surface area (Å²) in [5, 5.41) is 1.73. The summed E-state index contributed by atoms with van der Waals surface area (Å²) in [6, 6.07) is 1.39. The van der Waals surface area contributed by atoms with Gasteiger partial charge in [-0.25, -0.2) is 0 Å². The zero-order chi connectivity index (χ0) is 8.41. The minimum Gasteiger partial charge on any atom is -0.0931 e. The molecule has 0 saturated carbocycles. The van der Waals surface area contributed by atoms with Crippen LogP contribution < -0.4 is 0 Å². The van der Waals surface area contributed by atoms with Gasteiger partial charge in [0.15, 0.2) is 0 Å². The number of hydrogen-bond acceptors (Lipinski definition) is 0. The summed E-state index contributed by atoms with van der Waals surface area (Å²) >= 11 is 3.51. The number of alkyl halides is 1. The van der Waals surface area contributed by atoms with Crippen molar-refractivity contribution in [3.8, 4) is 0 Å². The van der Waals surface area contributed by atoms with E-state index in [1.807, 2.05) is 0 Å². The molecule has 0 spiro atoms. The maximum atomic E-state index is 3.51. The van der Waals surface area contributed by atoms with Gasteiger partial charge < -0.3 is 0 Å². The zero-order valence-corrected chi connectivity index (χ0v) is 10.4. The van der Waals surface area contributed by atoms with Crippen LogP contribution in [0.4, 0.5) is 0 Å². The first-order chi connectivity index (χ1) is 4.31. The fraction of sp³-hybridized carbons (Fsp3) is 1.00. The average Bonchev–Trinajstić information content (AvgIpc) is 1.61. The smallest absolute Gasteiger partial charge is 0.0535 e. The molecule has 0 atom stereocenters. The molecule has 0 nitrogen and oxygen atoms in total. The highest BCUT2D eigenvalue weighted by molar-refractivity contribution is 9.09. The Kier molecular flexibility index (Phi) is 3.63. The van der Waals surface area contributed by atoms with Crippen LogP contribution in [0.15, 0.2) is 0 Å². The summed E-state index contributed by atoms with van der Waals surface area (Å²) in [6.45, 7) is 12.0. The second-order valence-corrected chi connectivity index (χ2v) is 11.1. The summed E-state index contributed by atoms with van der Waals surface area (Å²) < 4.78 is 0. The predicted molar refractivity (Wildman–Crippen MR) is 55.8 cm³/mol. The van der Waals surface area contributed by atoms with E-state index in [2.05, 4.69) is 49.8 Å². The van der Waals surface area contributed by atoms with Crippen molar-refractivity contribution in [2.75, 3.05) is 5.33 Å². The molecule has 0 unspecified atom stereocenters. The van der Waals surface area contributed by atoms with Crippen LogP contribution in [0.2, 0.25) is 24.2 Å². The van der Waals surface area contributed by atoms with Gasteiger partial charge in [0.1, 0.15) is 0 Å². The third-order valence-corrected chi connectivity index (χ3v) is 9.44. The average molecular weight is 223 g/mol. The first-order valence-corrected chi connectivity index (χ1v) is 8.20. The first kappa shape index (κ1) is 10.7. The van der Waals surface area contributed by atoms with Crippen LogP contribution in [-0.4, -0.2) is 13.4 Å². The van der Waals surface area contributed by atoms with Gasteiger partial charge in [0, 0.05) is 5.33 Å². The highest BCUT2D eigenvalue weighted by atomic mass is 79.9. The van der Waals surface area contributed by atoms with Gasteiger partial charge in [-0.05, 0) is 11.1 Å². The number of rotatable bonds is 2. The maximum Gasteiger partial charge on any atom is 0.0535 e. The predicted octanol–water partition coefficient (Wildman–Crippen LogP) is 3.89. The Hall–Kier alpha value is 0.697. The third-order valence-electron chi connectivity index (χ3n) is 2.75. The van der Waals surface area contributed by atoms with Gasteiger partial charge in [-0.2, -0.15) is 0 Å². The quantitative estimate of drug-likeness (QED) is 0.492. The van der Waals surface area contributed by atoms with Crippen LogP contribution in [0.3, 0.4) is 0 Å². The Morgan fingerprint density at radius 2 is 1.60 bits per heavy atom. The molecule has 62 valence electrons. The van der Waals surface area contributed by atoms with Crippen LogP contribution in [0.1, 0.15) is 20.8 Å². The Morgan fingerprint density at radius 3 is 1.70 bits per heavy atom. The SMILES string of the molecule is CC(C)(C)[Si](C)(C)CCBr. The molecule has 0 aliphatic carbocycles. The maximum absolute atomic E-state index is 3.51. The van der Waals surface area contributed by atoms with E-state index in [0.29, 0.717) is 5.04 Å². The molecular formula is C8H19BrSi. The molecule has 0 saturated heterocycles.